The average Bonchev–Trinajstić information content (AvgIpc) is 2.73. The van der Waals surface area contributed by atoms with Crippen LogP contribution in [0, 0.1) is 17.8 Å². The monoisotopic (exact) mass is 195 g/mol. The largest absolute Gasteiger partial charge is 0.450 e. The molecule has 3 rings (SSSR count). The fourth-order valence-corrected chi connectivity index (χ4v) is 3.83. The van der Waals surface area contributed by atoms with Crippen molar-refractivity contribution >= 4 is 6.09 Å². The second-order valence-corrected chi connectivity index (χ2v) is 4.92. The zero-order valence-electron chi connectivity index (χ0n) is 8.61. The maximum atomic E-state index is 11.7. The van der Waals surface area contributed by atoms with Crippen molar-refractivity contribution in [2.45, 2.75) is 32.2 Å². The van der Waals surface area contributed by atoms with Crippen molar-refractivity contribution in [3.05, 3.63) is 0 Å². The number of amides is 1. The number of hydrogen-bond acceptors (Lipinski definition) is 2. The van der Waals surface area contributed by atoms with E-state index in [0.29, 0.717) is 12.6 Å². The van der Waals surface area contributed by atoms with Crippen LogP contribution in [0.15, 0.2) is 0 Å². The van der Waals surface area contributed by atoms with E-state index < -0.39 is 0 Å². The summed E-state index contributed by atoms with van der Waals surface area (Å²) in [6.07, 6.45) is 3.88. The highest BCUT2D eigenvalue weighted by atomic mass is 16.6. The van der Waals surface area contributed by atoms with Crippen molar-refractivity contribution in [2.24, 2.45) is 17.8 Å². The van der Waals surface area contributed by atoms with Crippen LogP contribution in [0.3, 0.4) is 0 Å². The minimum atomic E-state index is -0.0763. The van der Waals surface area contributed by atoms with Gasteiger partial charge in [-0.05, 0) is 43.9 Å². The summed E-state index contributed by atoms with van der Waals surface area (Å²) in [5.41, 5.74) is 0. The smallest absolute Gasteiger partial charge is 0.410 e. The second-order valence-electron chi connectivity index (χ2n) is 4.92. The quantitative estimate of drug-likeness (QED) is 0.639. The highest BCUT2D eigenvalue weighted by Gasteiger charge is 2.55. The van der Waals surface area contributed by atoms with Crippen LogP contribution in [0.1, 0.15) is 26.2 Å². The zero-order chi connectivity index (χ0) is 9.71. The van der Waals surface area contributed by atoms with E-state index in [9.17, 15) is 4.79 Å². The summed E-state index contributed by atoms with van der Waals surface area (Å²) in [6.45, 7) is 3.34. The van der Waals surface area contributed by atoms with Gasteiger partial charge < -0.3 is 9.64 Å². The third-order valence-electron chi connectivity index (χ3n) is 4.25. The third kappa shape index (κ3) is 1.01. The highest BCUT2D eigenvalue weighted by Crippen LogP contribution is 2.54. The van der Waals surface area contributed by atoms with E-state index in [2.05, 4.69) is 0 Å². The predicted octanol–water partition coefficient (Wildman–Crippen LogP) is 1.87. The molecule has 1 amide bonds. The van der Waals surface area contributed by atoms with Crippen molar-refractivity contribution < 1.29 is 9.53 Å². The Bertz CT molecular complexity index is 264. The number of ether oxygens (including phenoxy) is 1. The van der Waals surface area contributed by atoms with Gasteiger partial charge in [0.1, 0.15) is 0 Å². The molecule has 3 fully saturated rings. The number of hydrogen-bond donors (Lipinski definition) is 0. The first-order valence-corrected chi connectivity index (χ1v) is 5.73. The van der Waals surface area contributed by atoms with Gasteiger partial charge in [-0.25, -0.2) is 4.79 Å². The molecule has 0 spiro atoms. The lowest BCUT2D eigenvalue weighted by Crippen LogP contribution is -2.36. The van der Waals surface area contributed by atoms with Gasteiger partial charge in [-0.2, -0.15) is 0 Å². The van der Waals surface area contributed by atoms with Crippen LogP contribution in [0.4, 0.5) is 4.79 Å². The first-order valence-electron chi connectivity index (χ1n) is 5.73. The molecule has 1 aliphatic heterocycles. The molecule has 3 nitrogen and oxygen atoms in total. The molecule has 1 saturated heterocycles. The molecule has 4 atom stereocenters. The molecular weight excluding hydrogens is 178 g/mol. The Balaban J connectivity index is 1.75. The molecule has 2 saturated carbocycles. The van der Waals surface area contributed by atoms with E-state index in [-0.39, 0.29) is 6.09 Å². The molecule has 0 aromatic carbocycles. The number of likely N-dealkylation sites (tertiary alicyclic amines) is 1. The molecule has 3 aliphatic rings. The van der Waals surface area contributed by atoms with Gasteiger partial charge in [0.25, 0.3) is 0 Å². The van der Waals surface area contributed by atoms with Crippen molar-refractivity contribution in [3.8, 4) is 0 Å². The van der Waals surface area contributed by atoms with Crippen LogP contribution in [0.2, 0.25) is 0 Å². The molecule has 14 heavy (non-hydrogen) atoms. The Morgan fingerprint density at radius 2 is 2.29 bits per heavy atom. The van der Waals surface area contributed by atoms with Crippen LogP contribution in [0.25, 0.3) is 0 Å². The summed E-state index contributed by atoms with van der Waals surface area (Å²) in [7, 11) is 0. The van der Waals surface area contributed by atoms with Gasteiger partial charge in [-0.3, -0.25) is 0 Å². The molecule has 3 heteroatoms. The van der Waals surface area contributed by atoms with Crippen LogP contribution in [-0.4, -0.2) is 30.2 Å². The molecule has 0 unspecified atom stereocenters. The Kier molecular flexibility index (Phi) is 1.76. The first-order chi connectivity index (χ1) is 6.79. The SMILES string of the molecule is CCOC(=O)N1C[C@@H]2C[C@@H]3C[C@@H]2[C@@H]1C3. The van der Waals surface area contributed by atoms with Gasteiger partial charge in [-0.15, -0.1) is 0 Å². The summed E-state index contributed by atoms with van der Waals surface area (Å²) in [5, 5.41) is 0. The first kappa shape index (κ1) is 8.57. The second kappa shape index (κ2) is 2.88. The lowest BCUT2D eigenvalue weighted by atomic mass is 9.90. The van der Waals surface area contributed by atoms with Crippen LogP contribution in [0.5, 0.6) is 0 Å². The highest BCUT2D eigenvalue weighted by molar-refractivity contribution is 5.68. The van der Waals surface area contributed by atoms with Crippen LogP contribution in [-0.2, 0) is 4.74 Å². The molecule has 0 aromatic rings. The molecule has 78 valence electrons. The average molecular weight is 195 g/mol. The summed E-state index contributed by atoms with van der Waals surface area (Å²) in [4.78, 5) is 13.6. The molecular formula is C11H17NO2. The molecule has 0 aromatic heterocycles. The lowest BCUT2D eigenvalue weighted by Gasteiger charge is -2.23. The minimum absolute atomic E-state index is 0.0763. The van der Waals surface area contributed by atoms with Gasteiger partial charge in [0.2, 0.25) is 0 Å². The predicted molar refractivity (Wildman–Crippen MR) is 51.8 cm³/mol. The van der Waals surface area contributed by atoms with Gasteiger partial charge >= 0.3 is 6.09 Å². The lowest BCUT2D eigenvalue weighted by molar-refractivity contribution is 0.101. The Morgan fingerprint density at radius 1 is 1.43 bits per heavy atom. The number of carbonyl (C=O) groups is 1. The maximum Gasteiger partial charge on any atom is 0.410 e. The normalized spacial score (nSPS) is 43.4. The Morgan fingerprint density at radius 3 is 2.93 bits per heavy atom. The fourth-order valence-electron chi connectivity index (χ4n) is 3.83. The fraction of sp³-hybridized carbons (Fsp3) is 0.909. The van der Waals surface area contributed by atoms with E-state index in [4.69, 9.17) is 4.74 Å². The summed E-state index contributed by atoms with van der Waals surface area (Å²) in [6, 6.07) is 0.526. The number of carbonyl (C=O) groups excluding carboxylic acids is 1. The summed E-state index contributed by atoms with van der Waals surface area (Å²) >= 11 is 0. The third-order valence-corrected chi connectivity index (χ3v) is 4.25. The molecule has 1 heterocycles. The summed E-state index contributed by atoms with van der Waals surface area (Å²) < 4.78 is 5.09. The maximum absolute atomic E-state index is 11.7. The van der Waals surface area contributed by atoms with Gasteiger partial charge in [-0.1, -0.05) is 0 Å². The molecule has 2 bridgehead atoms. The van der Waals surface area contributed by atoms with E-state index in [1.807, 2.05) is 11.8 Å². The van der Waals surface area contributed by atoms with Gasteiger partial charge in [0.05, 0.1) is 6.61 Å². The Hall–Kier alpha value is -0.730. The van der Waals surface area contributed by atoms with Crippen molar-refractivity contribution in [1.82, 2.24) is 4.90 Å². The van der Waals surface area contributed by atoms with Gasteiger partial charge in [0.15, 0.2) is 0 Å². The minimum Gasteiger partial charge on any atom is -0.450 e. The van der Waals surface area contributed by atoms with E-state index in [0.717, 1.165) is 24.3 Å². The van der Waals surface area contributed by atoms with Crippen LogP contribution < -0.4 is 0 Å². The van der Waals surface area contributed by atoms with E-state index in [1.54, 1.807) is 0 Å². The number of rotatable bonds is 1. The van der Waals surface area contributed by atoms with Gasteiger partial charge in [0, 0.05) is 12.6 Å². The zero-order valence-corrected chi connectivity index (χ0v) is 8.61. The molecule has 0 radical (unpaired) electrons. The van der Waals surface area contributed by atoms with Crippen LogP contribution >= 0.6 is 0 Å². The van der Waals surface area contributed by atoms with Crippen molar-refractivity contribution in [1.29, 1.82) is 0 Å². The van der Waals surface area contributed by atoms with E-state index >= 15 is 0 Å². The topological polar surface area (TPSA) is 29.5 Å². The number of fused-ring (bicyclic) bond motifs is 1. The standard InChI is InChI=1S/C11H17NO2/c1-2-14-11(13)12-6-8-3-7-4-9(8)10(12)5-7/h7-10H,2-6H2,1H3/t7-,8+,9+,10+/m1/s1. The number of nitrogens with zero attached hydrogens (tertiary/aromatic N) is 1. The molecule has 2 aliphatic carbocycles. The van der Waals surface area contributed by atoms with Crippen molar-refractivity contribution in [2.75, 3.05) is 13.2 Å². The summed E-state index contributed by atoms with van der Waals surface area (Å²) in [5.74, 6) is 2.52. The molecule has 0 N–H and O–H groups in total. The van der Waals surface area contributed by atoms with Crippen molar-refractivity contribution in [3.63, 3.8) is 0 Å². The Labute approximate surface area is 84.4 Å². The van der Waals surface area contributed by atoms with E-state index in [1.165, 1.54) is 19.3 Å².